The van der Waals surface area contributed by atoms with E-state index < -0.39 is 0 Å². The zero-order valence-corrected chi connectivity index (χ0v) is 14.3. The van der Waals surface area contributed by atoms with Crippen LogP contribution >= 0.6 is 0 Å². The number of benzene rings is 2. The molecule has 0 aliphatic rings. The maximum atomic E-state index is 12.4. The summed E-state index contributed by atoms with van der Waals surface area (Å²) in [5.41, 5.74) is 3.39. The number of nitrogens with one attached hydrogen (secondary N) is 1. The van der Waals surface area contributed by atoms with E-state index in [0.29, 0.717) is 12.2 Å². The molecule has 4 aromatic rings. The molecule has 4 rings (SSSR count). The van der Waals surface area contributed by atoms with Gasteiger partial charge in [-0.05, 0) is 29.3 Å². The van der Waals surface area contributed by atoms with Crippen molar-refractivity contribution in [3.8, 4) is 0 Å². The summed E-state index contributed by atoms with van der Waals surface area (Å²) in [4.78, 5) is 16.6. The molecule has 0 saturated heterocycles. The quantitative estimate of drug-likeness (QED) is 0.589. The van der Waals surface area contributed by atoms with Crippen molar-refractivity contribution in [1.82, 2.24) is 9.55 Å². The predicted molar refractivity (Wildman–Crippen MR) is 104 cm³/mol. The molecule has 0 radical (unpaired) electrons. The predicted octanol–water partition coefficient (Wildman–Crippen LogP) is 4.27. The number of nitrogens with zero attached hydrogens (tertiary/aromatic N) is 2. The molecular weight excluding hydrogens is 322 g/mol. The van der Waals surface area contributed by atoms with Gasteiger partial charge < -0.3 is 9.88 Å². The van der Waals surface area contributed by atoms with Gasteiger partial charge in [0, 0.05) is 29.8 Å². The zero-order chi connectivity index (χ0) is 17.8. The highest BCUT2D eigenvalue weighted by molar-refractivity contribution is 5.95. The molecule has 4 nitrogen and oxygen atoms in total. The van der Waals surface area contributed by atoms with Gasteiger partial charge in [0.25, 0.3) is 0 Å². The molecule has 1 N–H and O–H groups in total. The van der Waals surface area contributed by atoms with Crippen LogP contribution < -0.4 is 5.32 Å². The number of pyridine rings is 1. The van der Waals surface area contributed by atoms with Crippen LogP contribution in [0.4, 0.5) is 5.82 Å². The molecular formula is C22H19N3O. The average molecular weight is 341 g/mol. The van der Waals surface area contributed by atoms with E-state index in [4.69, 9.17) is 0 Å². The highest BCUT2D eigenvalue weighted by atomic mass is 16.1. The highest BCUT2D eigenvalue weighted by Crippen LogP contribution is 2.23. The van der Waals surface area contributed by atoms with Crippen molar-refractivity contribution < 1.29 is 4.79 Å². The second-order valence-corrected chi connectivity index (χ2v) is 6.22. The number of hydrogen-bond donors (Lipinski definition) is 1. The first-order valence-electron chi connectivity index (χ1n) is 8.61. The monoisotopic (exact) mass is 341 g/mol. The average Bonchev–Trinajstić information content (AvgIpc) is 3.01. The SMILES string of the molecule is O=C(Cc1cn(Cc2ccccc2)c2ccccc12)Nc1ccccn1. The topological polar surface area (TPSA) is 46.9 Å². The third-order valence-electron chi connectivity index (χ3n) is 4.35. The molecule has 0 fully saturated rings. The van der Waals surface area contributed by atoms with Crippen LogP contribution in [0.5, 0.6) is 0 Å². The Hall–Kier alpha value is -3.40. The van der Waals surface area contributed by atoms with E-state index in [-0.39, 0.29) is 5.91 Å². The van der Waals surface area contributed by atoms with Crippen LogP contribution in [-0.4, -0.2) is 15.5 Å². The second kappa shape index (κ2) is 7.23. The summed E-state index contributed by atoms with van der Waals surface area (Å²) in [5, 5.41) is 3.97. The van der Waals surface area contributed by atoms with Crippen molar-refractivity contribution in [3.63, 3.8) is 0 Å². The van der Waals surface area contributed by atoms with Crippen molar-refractivity contribution in [3.05, 3.63) is 96.3 Å². The molecule has 0 unspecified atom stereocenters. The summed E-state index contributed by atoms with van der Waals surface area (Å²) in [7, 11) is 0. The number of hydrogen-bond acceptors (Lipinski definition) is 2. The number of anilines is 1. The Labute approximate surface area is 152 Å². The van der Waals surface area contributed by atoms with Gasteiger partial charge in [-0.1, -0.05) is 54.6 Å². The number of aromatic nitrogens is 2. The minimum atomic E-state index is -0.0636. The number of rotatable bonds is 5. The molecule has 2 aromatic carbocycles. The minimum absolute atomic E-state index is 0.0636. The van der Waals surface area contributed by atoms with Gasteiger partial charge in [0.2, 0.25) is 5.91 Å². The number of fused-ring (bicyclic) bond motifs is 1. The Bertz CT molecular complexity index is 1020. The molecule has 2 heterocycles. The van der Waals surface area contributed by atoms with E-state index in [2.05, 4.69) is 45.3 Å². The van der Waals surface area contributed by atoms with Crippen LogP contribution in [0.15, 0.2) is 85.2 Å². The van der Waals surface area contributed by atoms with Gasteiger partial charge in [-0.15, -0.1) is 0 Å². The third kappa shape index (κ3) is 3.49. The Kier molecular flexibility index (Phi) is 4.48. The summed E-state index contributed by atoms with van der Waals surface area (Å²) in [6.07, 6.45) is 4.07. The second-order valence-electron chi connectivity index (χ2n) is 6.22. The van der Waals surface area contributed by atoms with Crippen molar-refractivity contribution in [2.45, 2.75) is 13.0 Å². The summed E-state index contributed by atoms with van der Waals surface area (Å²) >= 11 is 0. The van der Waals surface area contributed by atoms with Crippen molar-refractivity contribution in [1.29, 1.82) is 0 Å². The van der Waals surface area contributed by atoms with Crippen molar-refractivity contribution >= 4 is 22.6 Å². The van der Waals surface area contributed by atoms with E-state index in [9.17, 15) is 4.79 Å². The summed E-state index contributed by atoms with van der Waals surface area (Å²) < 4.78 is 2.20. The normalized spacial score (nSPS) is 10.8. The molecule has 26 heavy (non-hydrogen) atoms. The Morgan fingerprint density at radius 2 is 1.69 bits per heavy atom. The van der Waals surface area contributed by atoms with Gasteiger partial charge in [-0.3, -0.25) is 4.79 Å². The maximum absolute atomic E-state index is 12.4. The lowest BCUT2D eigenvalue weighted by molar-refractivity contribution is -0.115. The van der Waals surface area contributed by atoms with E-state index in [0.717, 1.165) is 23.0 Å². The van der Waals surface area contributed by atoms with Gasteiger partial charge >= 0.3 is 0 Å². The van der Waals surface area contributed by atoms with Crippen LogP contribution in [0.3, 0.4) is 0 Å². The number of carbonyl (C=O) groups is 1. The molecule has 2 aromatic heterocycles. The Morgan fingerprint density at radius 1 is 0.923 bits per heavy atom. The molecule has 0 bridgehead atoms. The van der Waals surface area contributed by atoms with Gasteiger partial charge in [0.15, 0.2) is 0 Å². The third-order valence-corrected chi connectivity index (χ3v) is 4.35. The summed E-state index contributed by atoms with van der Waals surface area (Å²) in [6.45, 7) is 0.781. The molecule has 4 heteroatoms. The standard InChI is InChI=1S/C22H19N3O/c26-22(24-21-12-6-7-13-23-21)14-18-16-25(15-17-8-2-1-3-9-17)20-11-5-4-10-19(18)20/h1-13,16H,14-15H2,(H,23,24,26). The zero-order valence-electron chi connectivity index (χ0n) is 14.3. The lowest BCUT2D eigenvalue weighted by Gasteiger charge is -2.05. The van der Waals surface area contributed by atoms with Gasteiger partial charge in [-0.2, -0.15) is 0 Å². The molecule has 0 spiro atoms. The van der Waals surface area contributed by atoms with Crippen LogP contribution in [0.25, 0.3) is 10.9 Å². The van der Waals surface area contributed by atoms with Gasteiger partial charge in [0.1, 0.15) is 5.82 Å². The van der Waals surface area contributed by atoms with Crippen LogP contribution in [-0.2, 0) is 17.8 Å². The Balaban J connectivity index is 1.60. The van der Waals surface area contributed by atoms with Gasteiger partial charge in [0.05, 0.1) is 6.42 Å². The van der Waals surface area contributed by atoms with E-state index in [1.54, 1.807) is 12.3 Å². The van der Waals surface area contributed by atoms with E-state index in [1.165, 1.54) is 5.56 Å². The lowest BCUT2D eigenvalue weighted by atomic mass is 10.1. The molecule has 1 amide bonds. The first kappa shape index (κ1) is 16.1. The molecule has 0 saturated carbocycles. The number of carbonyl (C=O) groups excluding carboxylic acids is 1. The largest absolute Gasteiger partial charge is 0.343 e. The van der Waals surface area contributed by atoms with Gasteiger partial charge in [-0.25, -0.2) is 4.98 Å². The highest BCUT2D eigenvalue weighted by Gasteiger charge is 2.12. The van der Waals surface area contributed by atoms with Crippen molar-refractivity contribution in [2.24, 2.45) is 0 Å². The molecule has 0 atom stereocenters. The summed E-state index contributed by atoms with van der Waals surface area (Å²) in [6, 6.07) is 24.0. The summed E-state index contributed by atoms with van der Waals surface area (Å²) in [5.74, 6) is 0.511. The Morgan fingerprint density at radius 3 is 2.50 bits per heavy atom. The van der Waals surface area contributed by atoms with E-state index >= 15 is 0 Å². The van der Waals surface area contributed by atoms with Crippen LogP contribution in [0, 0.1) is 0 Å². The minimum Gasteiger partial charge on any atom is -0.343 e. The van der Waals surface area contributed by atoms with E-state index in [1.807, 2.05) is 42.5 Å². The first-order chi connectivity index (χ1) is 12.8. The molecule has 0 aliphatic heterocycles. The fourth-order valence-electron chi connectivity index (χ4n) is 3.17. The number of para-hydroxylation sites is 1. The smallest absolute Gasteiger partial charge is 0.230 e. The molecule has 0 aliphatic carbocycles. The fourth-order valence-corrected chi connectivity index (χ4v) is 3.17. The lowest BCUT2D eigenvalue weighted by Crippen LogP contribution is -2.15. The first-order valence-corrected chi connectivity index (χ1v) is 8.61. The number of amides is 1. The van der Waals surface area contributed by atoms with Crippen LogP contribution in [0.1, 0.15) is 11.1 Å². The molecule has 128 valence electrons. The van der Waals surface area contributed by atoms with Crippen LogP contribution in [0.2, 0.25) is 0 Å². The maximum Gasteiger partial charge on any atom is 0.230 e. The fraction of sp³-hybridized carbons (Fsp3) is 0.0909. The van der Waals surface area contributed by atoms with Crippen molar-refractivity contribution in [2.75, 3.05) is 5.32 Å².